The number of nitrogens with zero attached hydrogens (tertiary/aromatic N) is 3. The van der Waals surface area contributed by atoms with Gasteiger partial charge in [-0.3, -0.25) is 4.98 Å². The fourth-order valence-corrected chi connectivity index (χ4v) is 1.31. The van der Waals surface area contributed by atoms with Crippen LogP contribution in [0, 0.1) is 0 Å². The molecule has 0 aliphatic heterocycles. The van der Waals surface area contributed by atoms with Gasteiger partial charge in [0.1, 0.15) is 6.33 Å². The molecule has 0 saturated heterocycles. The Bertz CT molecular complexity index is 432. The van der Waals surface area contributed by atoms with E-state index in [1.165, 1.54) is 6.33 Å². The molecule has 0 amide bonds. The van der Waals surface area contributed by atoms with E-state index in [0.717, 1.165) is 11.4 Å². The third-order valence-electron chi connectivity index (χ3n) is 1.88. The van der Waals surface area contributed by atoms with Crippen LogP contribution in [0.25, 0.3) is 0 Å². The van der Waals surface area contributed by atoms with Gasteiger partial charge in [-0.25, -0.2) is 9.97 Å². The molecule has 5 heteroatoms. The van der Waals surface area contributed by atoms with Gasteiger partial charge in [0.25, 0.3) is 0 Å². The Balaban J connectivity index is 2.03. The predicted octanol–water partition coefficient (Wildman–Crippen LogP) is 2.14. The van der Waals surface area contributed by atoms with Gasteiger partial charge >= 0.3 is 0 Å². The fraction of sp³-hybridized carbons (Fsp3) is 0.100. The van der Waals surface area contributed by atoms with Crippen LogP contribution >= 0.6 is 11.6 Å². The normalized spacial score (nSPS) is 9.93. The van der Waals surface area contributed by atoms with Crippen molar-refractivity contribution >= 4 is 17.3 Å². The molecule has 0 aliphatic carbocycles. The van der Waals surface area contributed by atoms with Gasteiger partial charge in [-0.2, -0.15) is 0 Å². The molecule has 2 rings (SSSR count). The van der Waals surface area contributed by atoms with Gasteiger partial charge in [-0.1, -0.05) is 11.6 Å². The number of hydrogen-bond donors (Lipinski definition) is 1. The van der Waals surface area contributed by atoms with Gasteiger partial charge < -0.3 is 5.32 Å². The Hall–Kier alpha value is -1.68. The summed E-state index contributed by atoms with van der Waals surface area (Å²) in [6, 6.07) is 3.67. The van der Waals surface area contributed by atoms with E-state index < -0.39 is 0 Å². The highest BCUT2D eigenvalue weighted by molar-refractivity contribution is 6.33. The van der Waals surface area contributed by atoms with Crippen LogP contribution < -0.4 is 5.32 Å². The molecule has 2 aromatic rings. The van der Waals surface area contributed by atoms with E-state index in [2.05, 4.69) is 20.3 Å². The Labute approximate surface area is 92.4 Å². The number of aromatic nitrogens is 3. The molecule has 0 fully saturated rings. The second kappa shape index (κ2) is 4.70. The highest BCUT2D eigenvalue weighted by Crippen LogP contribution is 2.19. The molecule has 1 N–H and O–H groups in total. The summed E-state index contributed by atoms with van der Waals surface area (Å²) in [6.45, 7) is 0.617. The van der Waals surface area contributed by atoms with Crippen molar-refractivity contribution in [3.63, 3.8) is 0 Å². The third-order valence-corrected chi connectivity index (χ3v) is 2.18. The Kier molecular flexibility index (Phi) is 3.09. The minimum Gasteiger partial charge on any atom is -0.378 e. The summed E-state index contributed by atoms with van der Waals surface area (Å²) >= 11 is 5.93. The van der Waals surface area contributed by atoms with Crippen molar-refractivity contribution in [1.82, 2.24) is 15.0 Å². The first kappa shape index (κ1) is 9.86. The van der Waals surface area contributed by atoms with Gasteiger partial charge in [-0.05, 0) is 12.1 Å². The van der Waals surface area contributed by atoms with E-state index in [-0.39, 0.29) is 0 Å². The molecule has 2 aromatic heterocycles. The van der Waals surface area contributed by atoms with Crippen LogP contribution in [0.4, 0.5) is 5.69 Å². The summed E-state index contributed by atoms with van der Waals surface area (Å²) in [6.07, 6.45) is 6.52. The molecule has 0 unspecified atom stereocenters. The number of nitrogens with one attached hydrogen (secondary N) is 1. The predicted molar refractivity (Wildman–Crippen MR) is 58.6 cm³/mol. The van der Waals surface area contributed by atoms with Gasteiger partial charge in [-0.15, -0.1) is 0 Å². The fourth-order valence-electron chi connectivity index (χ4n) is 1.13. The maximum atomic E-state index is 5.93. The van der Waals surface area contributed by atoms with Crippen molar-refractivity contribution in [2.24, 2.45) is 0 Å². The number of pyridine rings is 1. The summed E-state index contributed by atoms with van der Waals surface area (Å²) in [5, 5.41) is 3.77. The van der Waals surface area contributed by atoms with Gasteiger partial charge in [0, 0.05) is 18.6 Å². The van der Waals surface area contributed by atoms with Crippen molar-refractivity contribution in [3.05, 3.63) is 47.8 Å². The summed E-state index contributed by atoms with van der Waals surface area (Å²) in [4.78, 5) is 11.8. The largest absolute Gasteiger partial charge is 0.378 e. The molecular formula is C10H9ClN4. The molecule has 0 radical (unpaired) electrons. The van der Waals surface area contributed by atoms with Gasteiger partial charge in [0.2, 0.25) is 0 Å². The molecule has 4 nitrogen and oxygen atoms in total. The first-order valence-corrected chi connectivity index (χ1v) is 4.82. The van der Waals surface area contributed by atoms with Gasteiger partial charge in [0.15, 0.2) is 0 Å². The molecule has 2 heterocycles. The monoisotopic (exact) mass is 220 g/mol. The minimum absolute atomic E-state index is 0.603. The number of rotatable bonds is 3. The minimum atomic E-state index is 0.603. The number of halogens is 1. The lowest BCUT2D eigenvalue weighted by Gasteiger charge is -2.06. The molecule has 76 valence electrons. The van der Waals surface area contributed by atoms with Crippen molar-refractivity contribution in [3.8, 4) is 0 Å². The van der Waals surface area contributed by atoms with E-state index >= 15 is 0 Å². The topological polar surface area (TPSA) is 50.7 Å². The average molecular weight is 221 g/mol. The Morgan fingerprint density at radius 3 is 2.80 bits per heavy atom. The molecule has 0 bridgehead atoms. The lowest BCUT2D eigenvalue weighted by molar-refractivity contribution is 1.01. The zero-order valence-corrected chi connectivity index (χ0v) is 8.65. The van der Waals surface area contributed by atoms with Crippen LogP contribution in [0.15, 0.2) is 37.1 Å². The smallest absolute Gasteiger partial charge is 0.115 e. The second-order valence-corrected chi connectivity index (χ2v) is 3.32. The van der Waals surface area contributed by atoms with Crippen molar-refractivity contribution in [2.75, 3.05) is 5.32 Å². The second-order valence-electron chi connectivity index (χ2n) is 2.91. The van der Waals surface area contributed by atoms with Crippen molar-refractivity contribution in [2.45, 2.75) is 6.54 Å². The molecule has 0 aromatic carbocycles. The lowest BCUT2D eigenvalue weighted by Crippen LogP contribution is -2.02. The van der Waals surface area contributed by atoms with E-state index in [0.29, 0.717) is 11.6 Å². The number of anilines is 1. The van der Waals surface area contributed by atoms with E-state index in [4.69, 9.17) is 11.6 Å². The lowest BCUT2D eigenvalue weighted by atomic mass is 10.3. The molecule has 0 atom stereocenters. The Morgan fingerprint density at radius 2 is 2.07 bits per heavy atom. The average Bonchev–Trinajstić information content (AvgIpc) is 2.29. The summed E-state index contributed by atoms with van der Waals surface area (Å²) in [5.41, 5.74) is 1.77. The highest BCUT2D eigenvalue weighted by atomic mass is 35.5. The molecular weight excluding hydrogens is 212 g/mol. The van der Waals surface area contributed by atoms with Crippen LogP contribution in [0.5, 0.6) is 0 Å². The highest BCUT2D eigenvalue weighted by Gasteiger charge is 1.98. The SMILES string of the molecule is Clc1cnccc1NCc1ccncn1. The maximum absolute atomic E-state index is 5.93. The maximum Gasteiger partial charge on any atom is 0.115 e. The van der Waals surface area contributed by atoms with Crippen LogP contribution in [-0.4, -0.2) is 15.0 Å². The van der Waals surface area contributed by atoms with Crippen molar-refractivity contribution < 1.29 is 0 Å². The summed E-state index contributed by atoms with van der Waals surface area (Å²) in [5.74, 6) is 0. The molecule has 0 saturated carbocycles. The van der Waals surface area contributed by atoms with E-state index in [1.54, 1.807) is 18.6 Å². The van der Waals surface area contributed by atoms with Crippen LogP contribution in [0.1, 0.15) is 5.69 Å². The molecule has 0 aliphatic rings. The first-order chi connectivity index (χ1) is 7.36. The molecule has 15 heavy (non-hydrogen) atoms. The van der Waals surface area contributed by atoms with Gasteiger partial charge in [0.05, 0.1) is 22.9 Å². The summed E-state index contributed by atoms with van der Waals surface area (Å²) < 4.78 is 0. The van der Waals surface area contributed by atoms with Crippen LogP contribution in [0.2, 0.25) is 5.02 Å². The summed E-state index contributed by atoms with van der Waals surface area (Å²) in [7, 11) is 0. The Morgan fingerprint density at radius 1 is 1.20 bits per heavy atom. The third kappa shape index (κ3) is 2.63. The van der Waals surface area contributed by atoms with E-state index in [1.807, 2.05) is 12.1 Å². The quantitative estimate of drug-likeness (QED) is 0.861. The standard InChI is InChI=1S/C10H9ClN4/c11-9-6-12-4-2-10(9)14-5-8-1-3-13-7-15-8/h1-4,6-7H,5H2,(H,12,14). The van der Waals surface area contributed by atoms with Crippen molar-refractivity contribution in [1.29, 1.82) is 0 Å². The van der Waals surface area contributed by atoms with Crippen LogP contribution in [-0.2, 0) is 6.54 Å². The van der Waals surface area contributed by atoms with Crippen LogP contribution in [0.3, 0.4) is 0 Å². The molecule has 0 spiro atoms. The zero-order valence-electron chi connectivity index (χ0n) is 7.89. The van der Waals surface area contributed by atoms with E-state index in [9.17, 15) is 0 Å². The zero-order chi connectivity index (χ0) is 10.5. The number of hydrogen-bond acceptors (Lipinski definition) is 4. The first-order valence-electron chi connectivity index (χ1n) is 4.44.